The molecule has 1 unspecified atom stereocenters. The predicted octanol–water partition coefficient (Wildman–Crippen LogP) is 3.16. The molecule has 0 aliphatic rings. The molecule has 2 rings (SSSR count). The van der Waals surface area contributed by atoms with Gasteiger partial charge in [-0.25, -0.2) is 0 Å². The second kappa shape index (κ2) is 10.3. The van der Waals surface area contributed by atoms with Gasteiger partial charge in [-0.3, -0.25) is 0 Å². The zero-order chi connectivity index (χ0) is 18.9. The van der Waals surface area contributed by atoms with Crippen molar-refractivity contribution < 1.29 is 9.68 Å². The number of hydrogen-bond acceptors (Lipinski definition) is 4. The number of hydrogen-bond donors (Lipinski definition) is 3. The molecule has 0 aromatic heterocycles. The second-order valence-electron chi connectivity index (χ2n) is 6.55. The summed E-state index contributed by atoms with van der Waals surface area (Å²) in [6.45, 7) is 7.28. The third-order valence-electron chi connectivity index (χ3n) is 4.40. The van der Waals surface area contributed by atoms with Crippen LogP contribution < -0.4 is 15.7 Å². The van der Waals surface area contributed by atoms with Gasteiger partial charge in [0.05, 0.1) is 7.85 Å². The van der Waals surface area contributed by atoms with E-state index >= 15 is 0 Å². The number of unbranched alkanes of at least 4 members (excludes halogenated alkanes) is 3. The maximum absolute atomic E-state index is 9.66. The van der Waals surface area contributed by atoms with Gasteiger partial charge in [0.2, 0.25) is 0 Å². The second-order valence-corrected chi connectivity index (χ2v) is 6.55. The molecule has 0 saturated heterocycles. The van der Waals surface area contributed by atoms with Gasteiger partial charge in [0.1, 0.15) is 5.75 Å². The molecular weight excluding hydrogens is 322 g/mol. The molecule has 2 radical (unpaired) electrons. The molecule has 1 atom stereocenters. The Hall–Kier alpha value is -1.91. The molecule has 4 nitrogen and oxygen atoms in total. The molecule has 2 aromatic carbocycles. The Morgan fingerprint density at radius 2 is 1.96 bits per heavy atom. The maximum atomic E-state index is 9.66. The van der Waals surface area contributed by atoms with E-state index in [0.717, 1.165) is 60.8 Å². The van der Waals surface area contributed by atoms with Crippen molar-refractivity contribution in [1.29, 1.82) is 0 Å². The van der Waals surface area contributed by atoms with Gasteiger partial charge in [-0.05, 0) is 48.9 Å². The van der Waals surface area contributed by atoms with Crippen LogP contribution in [0.4, 0.5) is 0 Å². The van der Waals surface area contributed by atoms with Crippen LogP contribution in [0.25, 0.3) is 10.8 Å². The van der Waals surface area contributed by atoms with Crippen LogP contribution in [0.1, 0.15) is 37.1 Å². The molecule has 4 N–H and O–H groups in total. The van der Waals surface area contributed by atoms with E-state index in [-0.39, 0.29) is 0 Å². The van der Waals surface area contributed by atoms with Crippen molar-refractivity contribution in [1.82, 2.24) is 5.32 Å². The molecule has 0 spiro atoms. The van der Waals surface area contributed by atoms with Crippen molar-refractivity contribution in [2.24, 2.45) is 5.73 Å². The Labute approximate surface area is 158 Å². The van der Waals surface area contributed by atoms with Gasteiger partial charge in [0.15, 0.2) is 0 Å². The maximum Gasteiger partial charge on any atom is 0.519 e. The molecule has 0 bridgehead atoms. The first-order chi connectivity index (χ1) is 12.5. The SMILES string of the molecule is [B]C(C(=C)NCCCCCCN)c1c(OB(C)O)ccc2ccccc12. The zero-order valence-electron chi connectivity index (χ0n) is 15.6. The van der Waals surface area contributed by atoms with Crippen LogP contribution in [0.15, 0.2) is 48.7 Å². The Morgan fingerprint density at radius 1 is 1.23 bits per heavy atom. The lowest BCUT2D eigenvalue weighted by molar-refractivity contribution is 0.422. The number of nitrogens with two attached hydrogens (primary N) is 1. The predicted molar refractivity (Wildman–Crippen MR) is 112 cm³/mol. The van der Waals surface area contributed by atoms with Gasteiger partial charge in [-0.2, -0.15) is 0 Å². The molecule has 0 fully saturated rings. The molecule has 136 valence electrons. The lowest BCUT2D eigenvalue weighted by Gasteiger charge is -2.23. The van der Waals surface area contributed by atoms with E-state index in [1.165, 1.54) is 0 Å². The fourth-order valence-corrected chi connectivity index (χ4v) is 3.04. The first-order valence-corrected chi connectivity index (χ1v) is 9.29. The van der Waals surface area contributed by atoms with E-state index in [0.29, 0.717) is 5.75 Å². The highest BCUT2D eigenvalue weighted by molar-refractivity contribution is 6.41. The number of benzene rings is 2. The number of nitrogens with one attached hydrogen (secondary N) is 1. The highest BCUT2D eigenvalue weighted by atomic mass is 16.5. The minimum atomic E-state index is -0.911. The first kappa shape index (κ1) is 20.4. The third kappa shape index (κ3) is 5.55. The normalized spacial score (nSPS) is 12.0. The summed E-state index contributed by atoms with van der Waals surface area (Å²) in [4.78, 5) is 0. The average molecular weight is 350 g/mol. The number of rotatable bonds is 11. The molecular formula is C20H28B2N2O2. The van der Waals surface area contributed by atoms with Crippen LogP contribution in [0.2, 0.25) is 6.82 Å². The molecule has 0 aliphatic heterocycles. The van der Waals surface area contributed by atoms with Gasteiger partial charge in [-0.15, -0.1) is 0 Å². The van der Waals surface area contributed by atoms with E-state index in [9.17, 15) is 5.02 Å². The molecule has 0 aliphatic carbocycles. The smallest absolute Gasteiger partial charge is 0.519 e. The van der Waals surface area contributed by atoms with Crippen LogP contribution >= 0.6 is 0 Å². The summed E-state index contributed by atoms with van der Waals surface area (Å²) in [5.74, 6) is 0.149. The summed E-state index contributed by atoms with van der Waals surface area (Å²) in [5, 5.41) is 15.1. The monoisotopic (exact) mass is 350 g/mol. The van der Waals surface area contributed by atoms with E-state index in [2.05, 4.69) is 11.9 Å². The Bertz CT molecular complexity index is 722. The molecule has 26 heavy (non-hydrogen) atoms. The van der Waals surface area contributed by atoms with Gasteiger partial charge < -0.3 is 20.7 Å². The summed E-state index contributed by atoms with van der Waals surface area (Å²) >= 11 is 0. The van der Waals surface area contributed by atoms with Crippen LogP contribution in [0.5, 0.6) is 5.75 Å². The van der Waals surface area contributed by atoms with Crippen LogP contribution in [-0.4, -0.2) is 33.1 Å². The summed E-state index contributed by atoms with van der Waals surface area (Å²) in [6, 6.07) is 11.8. The van der Waals surface area contributed by atoms with Crippen molar-refractivity contribution in [2.75, 3.05) is 13.1 Å². The standard InChI is InChI=1S/C20H28B2N2O2/c1-15(24-14-8-4-3-7-13-23)20(21)19-17-10-6-5-9-16(17)11-12-18(19)26-22(2)25/h5-6,9-12,20,24-25H,1,3-4,7-8,13-14,23H2,2H3. The lowest BCUT2D eigenvalue weighted by atomic mass is 9.76. The Morgan fingerprint density at radius 3 is 2.69 bits per heavy atom. The van der Waals surface area contributed by atoms with E-state index in [4.69, 9.17) is 18.2 Å². The van der Waals surface area contributed by atoms with E-state index in [1.807, 2.05) is 36.4 Å². The van der Waals surface area contributed by atoms with Gasteiger partial charge in [0, 0.05) is 17.8 Å². The lowest BCUT2D eigenvalue weighted by Crippen LogP contribution is -2.22. The Kier molecular flexibility index (Phi) is 8.07. The minimum absolute atomic E-state index is 0.432. The van der Waals surface area contributed by atoms with Gasteiger partial charge in [-0.1, -0.05) is 49.8 Å². The fraction of sp³-hybridized carbons (Fsp3) is 0.400. The van der Waals surface area contributed by atoms with Crippen molar-refractivity contribution >= 4 is 25.7 Å². The van der Waals surface area contributed by atoms with Crippen LogP contribution in [0.3, 0.4) is 0 Å². The van der Waals surface area contributed by atoms with Crippen molar-refractivity contribution in [3.8, 4) is 5.75 Å². The third-order valence-corrected chi connectivity index (χ3v) is 4.40. The largest absolute Gasteiger partial charge is 0.536 e. The average Bonchev–Trinajstić information content (AvgIpc) is 2.63. The van der Waals surface area contributed by atoms with Crippen molar-refractivity contribution in [3.05, 3.63) is 54.2 Å². The number of allylic oxidation sites excluding steroid dienone is 1. The zero-order valence-corrected chi connectivity index (χ0v) is 15.6. The van der Waals surface area contributed by atoms with E-state index in [1.54, 1.807) is 6.82 Å². The van der Waals surface area contributed by atoms with Crippen LogP contribution in [0, 0.1) is 0 Å². The molecule has 0 saturated carbocycles. The fourth-order valence-electron chi connectivity index (χ4n) is 3.04. The molecule has 2 aromatic rings. The highest BCUT2D eigenvalue weighted by Crippen LogP contribution is 2.35. The van der Waals surface area contributed by atoms with E-state index < -0.39 is 12.9 Å². The summed E-state index contributed by atoms with van der Waals surface area (Å²) in [6.07, 6.45) is 4.40. The quantitative estimate of drug-likeness (QED) is 0.430. The number of fused-ring (bicyclic) bond motifs is 1. The van der Waals surface area contributed by atoms with Gasteiger partial charge >= 0.3 is 7.12 Å². The van der Waals surface area contributed by atoms with Gasteiger partial charge in [0.25, 0.3) is 0 Å². The summed E-state index contributed by atoms with van der Waals surface area (Å²) in [7, 11) is 5.59. The minimum Gasteiger partial charge on any atom is -0.536 e. The molecule has 0 heterocycles. The molecule has 6 heteroatoms. The summed E-state index contributed by atoms with van der Waals surface area (Å²) in [5.41, 5.74) is 7.10. The Balaban J connectivity index is 2.14. The highest BCUT2D eigenvalue weighted by Gasteiger charge is 2.19. The topological polar surface area (TPSA) is 67.5 Å². The van der Waals surface area contributed by atoms with Crippen LogP contribution in [-0.2, 0) is 0 Å². The van der Waals surface area contributed by atoms with Crippen molar-refractivity contribution in [2.45, 2.75) is 38.3 Å². The summed E-state index contributed by atoms with van der Waals surface area (Å²) < 4.78 is 5.59. The first-order valence-electron chi connectivity index (χ1n) is 9.29. The van der Waals surface area contributed by atoms with Crippen molar-refractivity contribution in [3.63, 3.8) is 0 Å². The molecule has 0 amide bonds.